The Kier molecular flexibility index (Phi) is 6.28. The van der Waals surface area contributed by atoms with Gasteiger partial charge in [0.15, 0.2) is 6.16 Å². The summed E-state index contributed by atoms with van der Waals surface area (Å²) in [5.41, 5.74) is 0. The molecular formula is C7H12O5P+. The van der Waals surface area contributed by atoms with Crippen LogP contribution in [-0.2, 0) is 18.9 Å². The quantitative estimate of drug-likeness (QED) is 0.494. The number of Topliss-reactive ketones (excluding diaryl/α,β-unsaturated/α-hetero) is 1. The van der Waals surface area contributed by atoms with Gasteiger partial charge in [0.25, 0.3) is 0 Å². The number of hydrogen-bond acceptors (Lipinski definition) is 4. The second-order valence-electron chi connectivity index (χ2n) is 2.31. The zero-order valence-corrected chi connectivity index (χ0v) is 8.25. The lowest BCUT2D eigenvalue weighted by atomic mass is 10.3. The van der Waals surface area contributed by atoms with Crippen LogP contribution in [0.5, 0.6) is 0 Å². The van der Waals surface area contributed by atoms with Gasteiger partial charge in [0.1, 0.15) is 0 Å². The highest BCUT2D eigenvalue weighted by Gasteiger charge is 2.20. The molecule has 1 unspecified atom stereocenters. The van der Waals surface area contributed by atoms with Gasteiger partial charge in [-0.15, -0.1) is 0 Å². The normalized spacial score (nSPS) is 11.0. The van der Waals surface area contributed by atoms with Crippen LogP contribution in [0, 0.1) is 0 Å². The second-order valence-corrected chi connectivity index (χ2v) is 3.97. The van der Waals surface area contributed by atoms with E-state index < -0.39 is 19.6 Å². The maximum Gasteiger partial charge on any atom is 0.372 e. The summed E-state index contributed by atoms with van der Waals surface area (Å²) in [6, 6.07) is 0. The monoisotopic (exact) mass is 207 g/mol. The van der Waals surface area contributed by atoms with E-state index in [0.29, 0.717) is 6.61 Å². The van der Waals surface area contributed by atoms with Gasteiger partial charge >= 0.3 is 13.8 Å². The highest BCUT2D eigenvalue weighted by molar-refractivity contribution is 7.44. The molecule has 0 aliphatic rings. The van der Waals surface area contributed by atoms with Gasteiger partial charge in [0.2, 0.25) is 12.1 Å². The van der Waals surface area contributed by atoms with Crippen LogP contribution in [-0.4, -0.2) is 36.0 Å². The summed E-state index contributed by atoms with van der Waals surface area (Å²) in [6.45, 7) is 2.24. The largest absolute Gasteiger partial charge is 0.475 e. The number of carboxylic acid groups (broad SMARTS) is 1. The molecule has 0 fully saturated rings. The van der Waals surface area contributed by atoms with E-state index in [1.807, 2.05) is 0 Å². The Morgan fingerprint density at radius 1 is 1.46 bits per heavy atom. The van der Waals surface area contributed by atoms with Crippen LogP contribution in [0.1, 0.15) is 13.3 Å². The fourth-order valence-electron chi connectivity index (χ4n) is 0.591. The first kappa shape index (κ1) is 12.2. The molecule has 0 rings (SSSR count). The minimum atomic E-state index is -1.60. The zero-order valence-electron chi connectivity index (χ0n) is 7.36. The highest BCUT2D eigenvalue weighted by atomic mass is 31.1. The molecule has 0 saturated heterocycles. The summed E-state index contributed by atoms with van der Waals surface area (Å²) in [7, 11) is -1.60. The van der Waals surface area contributed by atoms with E-state index in [2.05, 4.69) is 0 Å². The van der Waals surface area contributed by atoms with Crippen molar-refractivity contribution in [2.45, 2.75) is 13.3 Å². The second kappa shape index (κ2) is 6.69. The molecule has 5 nitrogen and oxygen atoms in total. The Morgan fingerprint density at radius 2 is 2.08 bits per heavy atom. The topological polar surface area (TPSA) is 80.7 Å². The molecule has 1 N–H and O–H groups in total. The SMILES string of the molecule is CCOC[P+](=O)CCC(=O)C(=O)O. The molecule has 0 spiro atoms. The third kappa shape index (κ3) is 6.37. The van der Waals surface area contributed by atoms with E-state index >= 15 is 0 Å². The molecule has 0 heterocycles. The maximum atomic E-state index is 11.0. The van der Waals surface area contributed by atoms with Gasteiger partial charge in [0.05, 0.1) is 6.42 Å². The van der Waals surface area contributed by atoms with Crippen LogP contribution in [0.25, 0.3) is 0 Å². The molecule has 0 aromatic carbocycles. The van der Waals surface area contributed by atoms with E-state index in [1.54, 1.807) is 6.92 Å². The summed E-state index contributed by atoms with van der Waals surface area (Å²) in [4.78, 5) is 20.6. The van der Waals surface area contributed by atoms with Gasteiger partial charge < -0.3 is 9.84 Å². The third-order valence-electron chi connectivity index (χ3n) is 1.27. The predicted octanol–water partition coefficient (Wildman–Crippen LogP) is 0.852. The Balaban J connectivity index is 3.58. The Morgan fingerprint density at radius 3 is 2.54 bits per heavy atom. The van der Waals surface area contributed by atoms with Crippen LogP contribution in [0.15, 0.2) is 0 Å². The van der Waals surface area contributed by atoms with Crippen molar-refractivity contribution in [3.63, 3.8) is 0 Å². The van der Waals surface area contributed by atoms with Crippen LogP contribution in [0.3, 0.4) is 0 Å². The summed E-state index contributed by atoms with van der Waals surface area (Å²) in [6.07, 6.45) is -0.00316. The van der Waals surface area contributed by atoms with E-state index in [0.717, 1.165) is 0 Å². The van der Waals surface area contributed by atoms with Crippen LogP contribution < -0.4 is 0 Å². The molecule has 0 aromatic heterocycles. The lowest BCUT2D eigenvalue weighted by Crippen LogP contribution is -2.13. The van der Waals surface area contributed by atoms with Gasteiger partial charge in [-0.05, 0) is 6.92 Å². The van der Waals surface area contributed by atoms with Gasteiger partial charge in [-0.25, -0.2) is 4.79 Å². The van der Waals surface area contributed by atoms with Gasteiger partial charge in [-0.1, -0.05) is 4.57 Å². The van der Waals surface area contributed by atoms with Gasteiger partial charge in [-0.2, -0.15) is 0 Å². The van der Waals surface area contributed by atoms with Crippen molar-refractivity contribution in [2.24, 2.45) is 0 Å². The molecule has 0 aromatic rings. The number of rotatable bonds is 7. The molecule has 6 heteroatoms. The van der Waals surface area contributed by atoms with Crippen LogP contribution in [0.4, 0.5) is 0 Å². The van der Waals surface area contributed by atoms with Gasteiger partial charge in [0, 0.05) is 6.61 Å². The van der Waals surface area contributed by atoms with Crippen LogP contribution >= 0.6 is 7.80 Å². The summed E-state index contributed by atoms with van der Waals surface area (Å²) in [5, 5.41) is 8.20. The molecule has 74 valence electrons. The smallest absolute Gasteiger partial charge is 0.372 e. The Bertz CT molecular complexity index is 213. The molecular weight excluding hydrogens is 195 g/mol. The average Bonchev–Trinajstić information content (AvgIpc) is 2.10. The van der Waals surface area contributed by atoms with E-state index in [1.165, 1.54) is 0 Å². The molecule has 0 bridgehead atoms. The molecule has 0 aliphatic heterocycles. The fraction of sp³-hybridized carbons (Fsp3) is 0.714. The standard InChI is InChI=1S/C7H11O5P/c1-2-12-5-13(11)4-3-6(8)7(9)10/h2-5H2,1H3/p+1. The third-order valence-corrected chi connectivity index (χ3v) is 2.46. The van der Waals surface area contributed by atoms with E-state index in [-0.39, 0.29) is 18.9 Å². The summed E-state index contributed by atoms with van der Waals surface area (Å²) >= 11 is 0. The van der Waals surface area contributed by atoms with Crippen molar-refractivity contribution < 1.29 is 24.0 Å². The van der Waals surface area contributed by atoms with Crippen molar-refractivity contribution in [1.29, 1.82) is 0 Å². The number of carbonyl (C=O) groups excluding carboxylic acids is 1. The number of carbonyl (C=O) groups is 2. The number of ether oxygens (including phenoxy) is 1. The summed E-state index contributed by atoms with van der Waals surface area (Å²) < 4.78 is 15.9. The van der Waals surface area contributed by atoms with Crippen molar-refractivity contribution in [3.05, 3.63) is 0 Å². The first-order valence-electron chi connectivity index (χ1n) is 3.83. The number of ketones is 1. The van der Waals surface area contributed by atoms with Crippen molar-refractivity contribution >= 4 is 19.6 Å². The van der Waals surface area contributed by atoms with E-state index in [9.17, 15) is 14.2 Å². The van der Waals surface area contributed by atoms with Crippen LogP contribution in [0.2, 0.25) is 0 Å². The average molecular weight is 207 g/mol. The minimum Gasteiger partial charge on any atom is -0.475 e. The maximum absolute atomic E-state index is 11.0. The Hall–Kier alpha value is -0.800. The van der Waals surface area contributed by atoms with Crippen molar-refractivity contribution in [3.8, 4) is 0 Å². The van der Waals surface area contributed by atoms with E-state index in [4.69, 9.17) is 9.84 Å². The molecule has 0 aliphatic carbocycles. The Labute approximate surface area is 76.9 Å². The van der Waals surface area contributed by atoms with Crippen molar-refractivity contribution in [1.82, 2.24) is 0 Å². The lowest BCUT2D eigenvalue weighted by molar-refractivity contribution is -0.148. The molecule has 0 amide bonds. The van der Waals surface area contributed by atoms with Crippen molar-refractivity contribution in [2.75, 3.05) is 19.1 Å². The molecule has 1 atom stereocenters. The predicted molar refractivity (Wildman–Crippen MR) is 46.2 cm³/mol. The first-order chi connectivity index (χ1) is 6.07. The highest BCUT2D eigenvalue weighted by Crippen LogP contribution is 2.21. The minimum absolute atomic E-state index is 0.0838. The first-order valence-corrected chi connectivity index (χ1v) is 5.46. The number of hydrogen-bond donors (Lipinski definition) is 1. The molecule has 0 saturated carbocycles. The zero-order chi connectivity index (χ0) is 10.3. The molecule has 0 radical (unpaired) electrons. The number of carboxylic acids is 1. The fourth-order valence-corrected chi connectivity index (χ4v) is 1.56. The van der Waals surface area contributed by atoms with Gasteiger partial charge in [-0.3, -0.25) is 4.79 Å². The number of aliphatic carboxylic acids is 1. The summed E-state index contributed by atoms with van der Waals surface area (Å²) in [5.74, 6) is -2.38. The molecule has 13 heavy (non-hydrogen) atoms. The lowest BCUT2D eigenvalue weighted by Gasteiger charge is -1.90.